The molecular weight excluding hydrogens is 461 g/mol. The fourth-order valence-electron chi connectivity index (χ4n) is 2.95. The fraction of sp³-hybridized carbons (Fsp3) is 0.909. The molecule has 0 bridgehead atoms. The molecule has 4 nitrogen and oxygen atoms in total. The third kappa shape index (κ3) is 13.7. The summed E-state index contributed by atoms with van der Waals surface area (Å²) in [6.07, 6.45) is 5.72. The van der Waals surface area contributed by atoms with Crippen LogP contribution in [0.5, 0.6) is 0 Å². The van der Waals surface area contributed by atoms with Gasteiger partial charge in [-0.05, 0) is 6.42 Å². The number of ether oxygens (including phenoxy) is 2. The lowest BCUT2D eigenvalue weighted by Gasteiger charge is -2.27. The van der Waals surface area contributed by atoms with Gasteiger partial charge in [0, 0.05) is 0 Å². The molecule has 0 aliphatic carbocycles. The molecule has 0 fully saturated rings. The second-order valence-electron chi connectivity index (χ2n) is 8.05. The Hall–Kier alpha value is -1.55. The molecule has 11 heteroatoms. The van der Waals surface area contributed by atoms with Gasteiger partial charge in [0.15, 0.2) is 6.61 Å². The lowest BCUT2D eigenvalue weighted by molar-refractivity contribution is -0.359. The highest BCUT2D eigenvalue weighted by molar-refractivity contribution is 5.77. The van der Waals surface area contributed by atoms with Crippen molar-refractivity contribution in [2.45, 2.75) is 115 Å². The molecule has 0 aromatic carbocycles. The van der Waals surface area contributed by atoms with E-state index >= 15 is 0 Å². The van der Waals surface area contributed by atoms with Crippen LogP contribution in [0, 0.1) is 0 Å². The quantitative estimate of drug-likeness (QED) is 0.106. The van der Waals surface area contributed by atoms with Crippen LogP contribution in [0.15, 0.2) is 0 Å². The van der Waals surface area contributed by atoms with E-state index in [0.717, 1.165) is 25.7 Å². The molecule has 33 heavy (non-hydrogen) atoms. The van der Waals surface area contributed by atoms with Crippen molar-refractivity contribution < 1.29 is 49.8 Å². The van der Waals surface area contributed by atoms with Gasteiger partial charge in [0.05, 0.1) is 19.4 Å². The predicted octanol–water partition coefficient (Wildman–Crippen LogP) is 7.39. The van der Waals surface area contributed by atoms with E-state index in [1.807, 2.05) is 0 Å². The molecule has 0 saturated heterocycles. The van der Waals surface area contributed by atoms with E-state index in [4.69, 9.17) is 4.74 Å². The van der Waals surface area contributed by atoms with Gasteiger partial charge in [0.2, 0.25) is 0 Å². The minimum atomic E-state index is -6.50. The van der Waals surface area contributed by atoms with Gasteiger partial charge in [-0.3, -0.25) is 9.59 Å². The maximum atomic E-state index is 13.0. The first-order valence-electron chi connectivity index (χ1n) is 11.5. The summed E-state index contributed by atoms with van der Waals surface area (Å²) in [6, 6.07) is 0. The van der Waals surface area contributed by atoms with Gasteiger partial charge in [-0.1, -0.05) is 77.6 Å². The Morgan fingerprint density at radius 1 is 0.606 bits per heavy atom. The Balaban J connectivity index is 3.75. The van der Waals surface area contributed by atoms with E-state index in [1.54, 1.807) is 0 Å². The number of hydrogen-bond acceptors (Lipinski definition) is 4. The third-order valence-corrected chi connectivity index (χ3v) is 5.02. The van der Waals surface area contributed by atoms with Crippen molar-refractivity contribution in [3.63, 3.8) is 0 Å². The molecular formula is C22H35F7O4. The number of hydrogen-bond donors (Lipinski definition) is 0. The van der Waals surface area contributed by atoms with Crippen molar-refractivity contribution in [2.75, 3.05) is 13.2 Å². The van der Waals surface area contributed by atoms with Crippen LogP contribution in [-0.2, 0) is 19.1 Å². The highest BCUT2D eigenvalue weighted by Gasteiger charge is 2.73. The van der Waals surface area contributed by atoms with Crippen molar-refractivity contribution in [1.82, 2.24) is 0 Å². The van der Waals surface area contributed by atoms with Crippen molar-refractivity contribution in [3.05, 3.63) is 0 Å². The molecule has 0 unspecified atom stereocenters. The van der Waals surface area contributed by atoms with Gasteiger partial charge in [-0.2, -0.15) is 30.7 Å². The Morgan fingerprint density at radius 2 is 1.00 bits per heavy atom. The van der Waals surface area contributed by atoms with Crippen molar-refractivity contribution >= 4 is 11.9 Å². The summed E-state index contributed by atoms with van der Waals surface area (Å²) < 4.78 is 96.1. The van der Waals surface area contributed by atoms with Gasteiger partial charge >= 0.3 is 30.0 Å². The molecule has 0 aliphatic heterocycles. The van der Waals surface area contributed by atoms with E-state index < -0.39 is 49.4 Å². The van der Waals surface area contributed by atoms with Gasteiger partial charge in [-0.25, -0.2) is 0 Å². The zero-order valence-electron chi connectivity index (χ0n) is 19.1. The molecule has 0 aromatic rings. The first-order chi connectivity index (χ1) is 15.3. The maximum absolute atomic E-state index is 13.0. The molecule has 0 saturated carbocycles. The second kappa shape index (κ2) is 16.1. The van der Waals surface area contributed by atoms with Crippen LogP contribution in [0.3, 0.4) is 0 Å². The third-order valence-electron chi connectivity index (χ3n) is 5.02. The molecule has 0 N–H and O–H groups in total. The Bertz CT molecular complexity index is 551. The normalized spacial score (nSPS) is 12.6. The predicted molar refractivity (Wildman–Crippen MR) is 108 cm³/mol. The number of rotatable bonds is 19. The molecule has 0 amide bonds. The maximum Gasteiger partial charge on any atom is 0.460 e. The molecule has 0 aliphatic rings. The van der Waals surface area contributed by atoms with Gasteiger partial charge in [0.1, 0.15) is 0 Å². The minimum Gasteiger partial charge on any atom is -0.466 e. The van der Waals surface area contributed by atoms with E-state index in [2.05, 4.69) is 11.7 Å². The zero-order valence-corrected chi connectivity index (χ0v) is 19.1. The molecule has 0 heterocycles. The summed E-state index contributed by atoms with van der Waals surface area (Å²) in [5.74, 6) is -14.3. The molecule has 0 aromatic heterocycles. The van der Waals surface area contributed by atoms with Crippen LogP contribution in [0.25, 0.3) is 0 Å². The molecule has 0 atom stereocenters. The number of unbranched alkanes of at least 4 members (excludes halogenated alkanes) is 11. The van der Waals surface area contributed by atoms with Gasteiger partial charge in [-0.15, -0.1) is 0 Å². The Labute approximate surface area is 190 Å². The summed E-state index contributed by atoms with van der Waals surface area (Å²) in [7, 11) is 0. The van der Waals surface area contributed by atoms with Crippen LogP contribution in [-0.4, -0.2) is 43.2 Å². The van der Waals surface area contributed by atoms with Crippen LogP contribution in [0.4, 0.5) is 30.7 Å². The van der Waals surface area contributed by atoms with E-state index in [-0.39, 0.29) is 6.61 Å². The Morgan fingerprint density at radius 3 is 1.42 bits per heavy atom. The topological polar surface area (TPSA) is 52.6 Å². The monoisotopic (exact) mass is 496 g/mol. The first-order valence-corrected chi connectivity index (χ1v) is 11.5. The second-order valence-corrected chi connectivity index (χ2v) is 8.05. The van der Waals surface area contributed by atoms with E-state index in [0.29, 0.717) is 6.42 Å². The van der Waals surface area contributed by atoms with Crippen LogP contribution in [0.1, 0.15) is 96.8 Å². The lowest BCUT2D eigenvalue weighted by Crippen LogP contribution is -2.54. The van der Waals surface area contributed by atoms with Crippen LogP contribution >= 0.6 is 0 Å². The van der Waals surface area contributed by atoms with Gasteiger partial charge in [0.25, 0.3) is 0 Å². The number of esters is 2. The molecule has 0 radical (unpaired) electrons. The average molecular weight is 497 g/mol. The largest absolute Gasteiger partial charge is 0.466 e. The molecule has 0 spiro atoms. The smallest absolute Gasteiger partial charge is 0.460 e. The number of carbonyl (C=O) groups is 2. The SMILES string of the molecule is CCCCCCCCCCCCCCOC(=O)CCC(=O)OCC(F)(F)C(F)(F)C(F)(F)F. The number of halogens is 7. The zero-order chi connectivity index (χ0) is 25.4. The average Bonchev–Trinajstić information content (AvgIpc) is 2.73. The van der Waals surface area contributed by atoms with E-state index in [9.17, 15) is 40.3 Å². The Kier molecular flexibility index (Phi) is 15.4. The summed E-state index contributed by atoms with van der Waals surface area (Å²) in [4.78, 5) is 22.8. The van der Waals surface area contributed by atoms with Crippen molar-refractivity contribution in [1.29, 1.82) is 0 Å². The highest BCUT2D eigenvalue weighted by atomic mass is 19.4. The first kappa shape index (κ1) is 31.4. The van der Waals surface area contributed by atoms with Crippen molar-refractivity contribution in [3.8, 4) is 0 Å². The lowest BCUT2D eigenvalue weighted by atomic mass is 10.1. The van der Waals surface area contributed by atoms with E-state index in [1.165, 1.54) is 44.9 Å². The molecule has 196 valence electrons. The standard InChI is InChI=1S/C22H35F7O4/c1-2-3-4-5-6-7-8-9-10-11-12-13-16-32-18(30)14-15-19(31)33-17-20(23,24)21(25,26)22(27,28)29/h2-17H2,1H3. The van der Waals surface area contributed by atoms with Crippen LogP contribution in [0.2, 0.25) is 0 Å². The summed E-state index contributed by atoms with van der Waals surface area (Å²) in [6.45, 7) is -0.153. The summed E-state index contributed by atoms with van der Waals surface area (Å²) in [5.41, 5.74) is 0. The molecule has 0 rings (SSSR count). The summed E-state index contributed by atoms with van der Waals surface area (Å²) >= 11 is 0. The van der Waals surface area contributed by atoms with Crippen molar-refractivity contribution in [2.24, 2.45) is 0 Å². The van der Waals surface area contributed by atoms with Gasteiger partial charge < -0.3 is 9.47 Å². The highest BCUT2D eigenvalue weighted by Crippen LogP contribution is 2.46. The number of carbonyl (C=O) groups excluding carboxylic acids is 2. The van der Waals surface area contributed by atoms with Crippen LogP contribution < -0.4 is 0 Å². The fourth-order valence-corrected chi connectivity index (χ4v) is 2.95. The number of alkyl halides is 7. The minimum absolute atomic E-state index is 0.112. The summed E-state index contributed by atoms with van der Waals surface area (Å²) in [5, 5.41) is 0.